The van der Waals surface area contributed by atoms with E-state index in [9.17, 15) is 35.4 Å². The van der Waals surface area contributed by atoms with E-state index in [0.717, 1.165) is 6.42 Å². The Balaban J connectivity index is 1.68. The molecule has 12 nitrogen and oxygen atoms in total. The fourth-order valence-corrected chi connectivity index (χ4v) is 3.60. The highest BCUT2D eigenvalue weighted by molar-refractivity contribution is 5.81. The average molecular weight is 500 g/mol. The van der Waals surface area contributed by atoms with Crippen molar-refractivity contribution in [3.8, 4) is 11.5 Å². The van der Waals surface area contributed by atoms with Crippen LogP contribution < -0.4 is 4.74 Å². The smallest absolute Gasteiger partial charge is 0.330 e. The largest absolute Gasteiger partial charge is 0.508 e. The molecule has 12 heteroatoms. The standard InChI is InChI=1S/C23H32O12/c1-2-3-4-5-16(26)31-11-23(30)12-32-22(20(23)29)35-19-18(28)17(27)15(10-24)34-21(19)33-14-8-6-13(25)7-9-14/h4-9,15,17-22,24-25,27-30H,2-3,10-12H2,1H3/b5-4+/t15-,17-,18+,19-,20+,21-,22+,23-/m1/s1. The summed E-state index contributed by atoms with van der Waals surface area (Å²) in [7, 11) is 0. The number of hydrogen-bond donors (Lipinski definition) is 6. The number of aliphatic hydroxyl groups is 5. The Hall–Kier alpha value is -2.29. The van der Waals surface area contributed by atoms with Crippen molar-refractivity contribution in [3.05, 3.63) is 36.4 Å². The highest BCUT2D eigenvalue weighted by Crippen LogP contribution is 2.32. The Morgan fingerprint density at radius 2 is 1.89 bits per heavy atom. The molecule has 0 bridgehead atoms. The van der Waals surface area contributed by atoms with Gasteiger partial charge in [-0.1, -0.05) is 19.4 Å². The van der Waals surface area contributed by atoms with E-state index in [-0.39, 0.29) is 11.5 Å². The number of ether oxygens (including phenoxy) is 5. The summed E-state index contributed by atoms with van der Waals surface area (Å²) in [5.74, 6) is -0.490. The van der Waals surface area contributed by atoms with Crippen molar-refractivity contribution >= 4 is 5.97 Å². The van der Waals surface area contributed by atoms with Crippen LogP contribution in [0.5, 0.6) is 11.5 Å². The van der Waals surface area contributed by atoms with Gasteiger partial charge in [0.25, 0.3) is 0 Å². The number of esters is 1. The van der Waals surface area contributed by atoms with Crippen molar-refractivity contribution in [1.82, 2.24) is 0 Å². The summed E-state index contributed by atoms with van der Waals surface area (Å²) in [5.41, 5.74) is -1.99. The predicted molar refractivity (Wildman–Crippen MR) is 117 cm³/mol. The number of aromatic hydroxyl groups is 1. The lowest BCUT2D eigenvalue weighted by molar-refractivity contribution is -0.318. The van der Waals surface area contributed by atoms with Crippen LogP contribution in [0.3, 0.4) is 0 Å². The van der Waals surface area contributed by atoms with Crippen molar-refractivity contribution in [2.45, 2.75) is 68.5 Å². The van der Waals surface area contributed by atoms with Crippen LogP contribution in [0, 0.1) is 0 Å². The van der Waals surface area contributed by atoms with Crippen molar-refractivity contribution in [2.24, 2.45) is 0 Å². The van der Waals surface area contributed by atoms with Crippen LogP contribution in [0.4, 0.5) is 0 Å². The number of phenolic OH excluding ortho intramolecular Hbond substituents is 1. The van der Waals surface area contributed by atoms with Gasteiger partial charge in [-0.05, 0) is 30.7 Å². The number of rotatable bonds is 10. The summed E-state index contributed by atoms with van der Waals surface area (Å²) in [6.45, 7) is 0.304. The van der Waals surface area contributed by atoms with E-state index in [0.29, 0.717) is 6.42 Å². The summed E-state index contributed by atoms with van der Waals surface area (Å²) < 4.78 is 27.2. The lowest BCUT2D eigenvalue weighted by Gasteiger charge is -2.42. The highest BCUT2D eigenvalue weighted by Gasteiger charge is 2.54. The normalized spacial score (nSPS) is 35.3. The number of phenols is 1. The third-order valence-electron chi connectivity index (χ3n) is 5.68. The van der Waals surface area contributed by atoms with Gasteiger partial charge in [-0.3, -0.25) is 0 Å². The van der Waals surface area contributed by atoms with Gasteiger partial charge >= 0.3 is 5.97 Å². The molecule has 6 N–H and O–H groups in total. The average Bonchev–Trinajstić information content (AvgIpc) is 3.12. The quantitative estimate of drug-likeness (QED) is 0.169. The highest BCUT2D eigenvalue weighted by atomic mass is 16.8. The fourth-order valence-electron chi connectivity index (χ4n) is 3.60. The lowest BCUT2D eigenvalue weighted by Crippen LogP contribution is -2.62. The number of benzene rings is 1. The molecule has 0 aliphatic carbocycles. The van der Waals surface area contributed by atoms with Gasteiger partial charge in [0.05, 0.1) is 13.2 Å². The molecule has 0 spiro atoms. The first-order chi connectivity index (χ1) is 16.7. The number of aliphatic hydroxyl groups excluding tert-OH is 4. The molecule has 2 aliphatic heterocycles. The van der Waals surface area contributed by atoms with Crippen molar-refractivity contribution in [1.29, 1.82) is 0 Å². The molecule has 1 aromatic rings. The SMILES string of the molecule is CCC/C=C/C(=O)OC[C@@]1(O)CO[C@@H](O[C@H]2[C@H](Oc3ccc(O)cc3)O[C@H](CO)[C@@H](O)[C@@H]2O)[C@@H]1O. The summed E-state index contributed by atoms with van der Waals surface area (Å²) >= 11 is 0. The number of unbranched alkanes of at least 4 members (excludes halogenated alkanes) is 1. The van der Waals surface area contributed by atoms with E-state index in [2.05, 4.69) is 0 Å². The Morgan fingerprint density at radius 1 is 1.17 bits per heavy atom. The van der Waals surface area contributed by atoms with E-state index in [4.69, 9.17) is 23.7 Å². The third kappa shape index (κ3) is 6.68. The zero-order chi connectivity index (χ0) is 25.6. The van der Waals surface area contributed by atoms with Crippen LogP contribution in [0.25, 0.3) is 0 Å². The third-order valence-corrected chi connectivity index (χ3v) is 5.68. The van der Waals surface area contributed by atoms with E-state index < -0.39 is 74.5 Å². The predicted octanol–water partition coefficient (Wildman–Crippen LogP) is -1.06. The monoisotopic (exact) mass is 500 g/mol. The van der Waals surface area contributed by atoms with Gasteiger partial charge in [-0.15, -0.1) is 0 Å². The van der Waals surface area contributed by atoms with Crippen LogP contribution >= 0.6 is 0 Å². The van der Waals surface area contributed by atoms with Crippen molar-refractivity contribution in [2.75, 3.05) is 19.8 Å². The summed E-state index contributed by atoms with van der Waals surface area (Å²) in [5, 5.41) is 61.2. The number of carbonyl (C=O) groups excluding carboxylic acids is 1. The molecule has 8 atom stereocenters. The van der Waals surface area contributed by atoms with Crippen molar-refractivity contribution < 1.29 is 59.1 Å². The molecular weight excluding hydrogens is 468 g/mol. The van der Waals surface area contributed by atoms with Gasteiger partial charge in [0.15, 0.2) is 18.0 Å². The molecule has 1 aromatic carbocycles. The van der Waals surface area contributed by atoms with Crippen LogP contribution in [0.15, 0.2) is 36.4 Å². The molecule has 2 heterocycles. The van der Waals surface area contributed by atoms with Crippen LogP contribution in [0.1, 0.15) is 19.8 Å². The van der Waals surface area contributed by atoms with E-state index in [1.165, 1.54) is 30.3 Å². The molecule has 2 aliphatic rings. The number of allylic oxidation sites excluding steroid dienone is 1. The molecule has 35 heavy (non-hydrogen) atoms. The maximum atomic E-state index is 11.8. The second-order valence-corrected chi connectivity index (χ2v) is 8.45. The Labute approximate surface area is 201 Å². The Kier molecular flexibility index (Phi) is 9.44. The summed E-state index contributed by atoms with van der Waals surface area (Å²) in [4.78, 5) is 11.8. The maximum Gasteiger partial charge on any atom is 0.330 e. The molecule has 0 aromatic heterocycles. The topological polar surface area (TPSA) is 185 Å². The lowest BCUT2D eigenvalue weighted by atomic mass is 9.98. The Bertz CT molecular complexity index is 845. The molecule has 0 saturated carbocycles. The minimum atomic E-state index is -1.99. The molecule has 2 fully saturated rings. The second-order valence-electron chi connectivity index (χ2n) is 8.45. The minimum absolute atomic E-state index is 0.0123. The zero-order valence-corrected chi connectivity index (χ0v) is 19.2. The molecule has 0 unspecified atom stereocenters. The first kappa shape index (κ1) is 27.3. The summed E-state index contributed by atoms with van der Waals surface area (Å²) in [6.07, 6.45) is -5.99. The van der Waals surface area contributed by atoms with Crippen LogP contribution in [0.2, 0.25) is 0 Å². The minimum Gasteiger partial charge on any atom is -0.508 e. The van der Waals surface area contributed by atoms with Gasteiger partial charge in [-0.25, -0.2) is 4.79 Å². The van der Waals surface area contributed by atoms with E-state index in [1.54, 1.807) is 6.08 Å². The van der Waals surface area contributed by atoms with E-state index in [1.807, 2.05) is 6.92 Å². The van der Waals surface area contributed by atoms with Crippen LogP contribution in [-0.4, -0.2) is 105 Å². The second kappa shape index (κ2) is 12.1. The number of carbonyl (C=O) groups is 1. The molecular formula is C23H32O12. The summed E-state index contributed by atoms with van der Waals surface area (Å²) in [6, 6.07) is 5.55. The number of hydrogen-bond acceptors (Lipinski definition) is 12. The van der Waals surface area contributed by atoms with Crippen molar-refractivity contribution in [3.63, 3.8) is 0 Å². The van der Waals surface area contributed by atoms with E-state index >= 15 is 0 Å². The molecule has 0 radical (unpaired) electrons. The first-order valence-corrected chi connectivity index (χ1v) is 11.3. The molecule has 3 rings (SSSR count). The zero-order valence-electron chi connectivity index (χ0n) is 19.2. The molecule has 196 valence electrons. The molecule has 2 saturated heterocycles. The first-order valence-electron chi connectivity index (χ1n) is 11.3. The van der Waals surface area contributed by atoms with Gasteiger partial charge in [0.2, 0.25) is 6.29 Å². The maximum absolute atomic E-state index is 11.8. The van der Waals surface area contributed by atoms with Gasteiger partial charge in [0.1, 0.15) is 42.5 Å². The Morgan fingerprint density at radius 3 is 2.54 bits per heavy atom. The van der Waals surface area contributed by atoms with Gasteiger partial charge < -0.3 is 54.3 Å². The molecule has 0 amide bonds. The van der Waals surface area contributed by atoms with Gasteiger partial charge in [-0.2, -0.15) is 0 Å². The van der Waals surface area contributed by atoms with Gasteiger partial charge in [0, 0.05) is 6.08 Å². The fraction of sp³-hybridized carbons (Fsp3) is 0.609. The van der Waals surface area contributed by atoms with Crippen LogP contribution in [-0.2, 0) is 23.7 Å².